The molecule has 56 heavy (non-hydrogen) atoms. The van der Waals surface area contributed by atoms with E-state index in [4.69, 9.17) is 14.2 Å². The number of aryl methyl sites for hydroxylation is 2. The smallest absolute Gasteiger partial charge is 0.408 e. The number of alkyl carbamates (subject to hydrolysis) is 1. The van der Waals surface area contributed by atoms with Crippen molar-refractivity contribution in [3.05, 3.63) is 35.4 Å². The van der Waals surface area contributed by atoms with Crippen molar-refractivity contribution in [2.45, 2.75) is 170 Å². The third-order valence-electron chi connectivity index (χ3n) is 9.45. The third-order valence-corrected chi connectivity index (χ3v) is 9.45. The van der Waals surface area contributed by atoms with Gasteiger partial charge in [-0.2, -0.15) is 0 Å². The first kappa shape index (κ1) is 48.5. The lowest BCUT2D eigenvalue weighted by molar-refractivity contribution is -0.147. The molecule has 12 nitrogen and oxygen atoms in total. The molecule has 1 aromatic rings. The number of hydrogen-bond donors (Lipinski definition) is 3. The van der Waals surface area contributed by atoms with E-state index in [9.17, 15) is 24.0 Å². The van der Waals surface area contributed by atoms with Crippen molar-refractivity contribution in [3.8, 4) is 0 Å². The topological polar surface area (TPSA) is 152 Å². The van der Waals surface area contributed by atoms with E-state index in [1.165, 1.54) is 11.1 Å². The van der Waals surface area contributed by atoms with Crippen LogP contribution in [0.4, 0.5) is 4.79 Å². The molecule has 3 N–H and O–H groups in total. The number of nitrogens with zero attached hydrogens (tertiary/aromatic N) is 1. The summed E-state index contributed by atoms with van der Waals surface area (Å²) in [6.45, 7) is 21.5. The second-order valence-corrected chi connectivity index (χ2v) is 18.5. The van der Waals surface area contributed by atoms with Gasteiger partial charge in [0.2, 0.25) is 17.7 Å². The Labute approximate surface area is 337 Å². The Morgan fingerprint density at radius 1 is 0.839 bits per heavy atom. The third kappa shape index (κ3) is 21.0. The minimum Gasteiger partial charge on any atom is -0.464 e. The number of unbranched alkanes of at least 4 members (excludes halogenated alkanes) is 2. The molecule has 1 aliphatic rings. The van der Waals surface area contributed by atoms with Crippen LogP contribution in [0.5, 0.6) is 0 Å². The molecular formula is C44H74N4O8. The second kappa shape index (κ2) is 23.5. The predicted octanol–water partition coefficient (Wildman–Crippen LogP) is 7.19. The van der Waals surface area contributed by atoms with Gasteiger partial charge >= 0.3 is 12.1 Å². The highest BCUT2D eigenvalue weighted by molar-refractivity contribution is 5.81. The van der Waals surface area contributed by atoms with Gasteiger partial charge in [-0.25, -0.2) is 9.59 Å². The molecule has 1 saturated carbocycles. The van der Waals surface area contributed by atoms with E-state index in [0.717, 1.165) is 25.7 Å². The van der Waals surface area contributed by atoms with Gasteiger partial charge in [-0.3, -0.25) is 14.4 Å². The van der Waals surface area contributed by atoms with Crippen molar-refractivity contribution in [2.75, 3.05) is 32.9 Å². The van der Waals surface area contributed by atoms with Crippen molar-refractivity contribution >= 4 is 29.8 Å². The molecule has 1 aromatic carbocycles. The van der Waals surface area contributed by atoms with Gasteiger partial charge in [0, 0.05) is 43.8 Å². The summed E-state index contributed by atoms with van der Waals surface area (Å²) in [6.07, 6.45) is 7.16. The first-order chi connectivity index (χ1) is 26.1. The van der Waals surface area contributed by atoms with Crippen molar-refractivity contribution in [3.63, 3.8) is 0 Å². The summed E-state index contributed by atoms with van der Waals surface area (Å²) in [5, 5.41) is 8.59. The molecule has 0 aliphatic heterocycles. The summed E-state index contributed by atoms with van der Waals surface area (Å²) in [4.78, 5) is 65.5. The van der Waals surface area contributed by atoms with Gasteiger partial charge in [0.15, 0.2) is 0 Å². The molecule has 0 spiro atoms. The van der Waals surface area contributed by atoms with Crippen LogP contribution >= 0.6 is 0 Å². The number of carbonyl (C=O) groups is 5. The normalized spacial score (nSPS) is 14.1. The van der Waals surface area contributed by atoms with Gasteiger partial charge in [0.05, 0.1) is 25.4 Å². The van der Waals surface area contributed by atoms with Crippen molar-refractivity contribution in [1.29, 1.82) is 0 Å². The first-order valence-electron chi connectivity index (χ1n) is 20.8. The van der Waals surface area contributed by atoms with Crippen molar-refractivity contribution < 1.29 is 38.2 Å². The van der Waals surface area contributed by atoms with Crippen LogP contribution in [0, 0.1) is 18.3 Å². The molecule has 12 heteroatoms. The summed E-state index contributed by atoms with van der Waals surface area (Å²) in [5.74, 6) is -0.316. The highest BCUT2D eigenvalue weighted by atomic mass is 16.6. The van der Waals surface area contributed by atoms with E-state index in [1.54, 1.807) is 20.8 Å². The molecule has 0 saturated heterocycles. The average Bonchev–Trinajstić information content (AvgIpc) is 3.05. The maximum absolute atomic E-state index is 13.4. The van der Waals surface area contributed by atoms with E-state index in [0.29, 0.717) is 83.7 Å². The van der Waals surface area contributed by atoms with Crippen LogP contribution in [0.15, 0.2) is 24.3 Å². The van der Waals surface area contributed by atoms with E-state index < -0.39 is 29.2 Å². The highest BCUT2D eigenvalue weighted by Gasteiger charge is 2.34. The molecule has 0 unspecified atom stereocenters. The van der Waals surface area contributed by atoms with Gasteiger partial charge in [-0.1, -0.05) is 57.5 Å². The molecule has 0 aromatic heterocycles. The fourth-order valence-corrected chi connectivity index (χ4v) is 6.24. The number of esters is 1. The van der Waals surface area contributed by atoms with E-state index >= 15 is 0 Å². The molecule has 0 radical (unpaired) electrons. The quantitative estimate of drug-likeness (QED) is 0.0696. The lowest BCUT2D eigenvalue weighted by Crippen LogP contribution is -2.50. The van der Waals surface area contributed by atoms with Crippen molar-refractivity contribution in [1.82, 2.24) is 20.9 Å². The molecular weight excluding hydrogens is 713 g/mol. The molecule has 1 atom stereocenters. The molecule has 0 bridgehead atoms. The summed E-state index contributed by atoms with van der Waals surface area (Å²) in [5.41, 5.74) is 0.873. The highest BCUT2D eigenvalue weighted by Crippen LogP contribution is 2.30. The number of carbonyl (C=O) groups excluding carboxylic acids is 5. The van der Waals surface area contributed by atoms with Crippen LogP contribution < -0.4 is 16.0 Å². The van der Waals surface area contributed by atoms with Crippen LogP contribution in [0.1, 0.15) is 144 Å². The SMILES string of the molecule is Cc1ccc(CCC(=O)N(CC(C)(C)COCC(C)(C)NC(=O)CCCCC(=O)NCCCC[C@H](NC(=O)OC(C)(C)C)C(=O)OCC(C)C)C2CCC2)cc1. The molecule has 1 fully saturated rings. The summed E-state index contributed by atoms with van der Waals surface area (Å²) in [7, 11) is 0. The Morgan fingerprint density at radius 2 is 1.48 bits per heavy atom. The first-order valence-corrected chi connectivity index (χ1v) is 20.8. The number of ether oxygens (including phenoxy) is 3. The Balaban J connectivity index is 1.65. The van der Waals surface area contributed by atoms with Crippen LogP contribution in [0.3, 0.4) is 0 Å². The molecule has 0 heterocycles. The molecule has 4 amide bonds. The van der Waals surface area contributed by atoms with E-state index in [1.807, 2.05) is 27.7 Å². The Bertz CT molecular complexity index is 1380. The minimum atomic E-state index is -0.835. The molecule has 2 rings (SSSR count). The number of hydrogen-bond acceptors (Lipinski definition) is 8. The zero-order chi connectivity index (χ0) is 41.9. The number of rotatable bonds is 25. The lowest BCUT2D eigenvalue weighted by atomic mass is 9.87. The average molecular weight is 787 g/mol. The van der Waals surface area contributed by atoms with Crippen LogP contribution in [0.25, 0.3) is 0 Å². The summed E-state index contributed by atoms with van der Waals surface area (Å²) in [6, 6.07) is 7.85. The Kier molecular flexibility index (Phi) is 20.4. The fourth-order valence-electron chi connectivity index (χ4n) is 6.24. The minimum absolute atomic E-state index is 0.0879. The largest absolute Gasteiger partial charge is 0.464 e. The Morgan fingerprint density at radius 3 is 2.07 bits per heavy atom. The monoisotopic (exact) mass is 787 g/mol. The Hall–Kier alpha value is -3.67. The zero-order valence-corrected chi connectivity index (χ0v) is 36.3. The summed E-state index contributed by atoms with van der Waals surface area (Å²) < 4.78 is 16.8. The number of benzene rings is 1. The van der Waals surface area contributed by atoms with Crippen LogP contribution in [-0.2, 0) is 39.8 Å². The number of nitrogens with one attached hydrogen (secondary N) is 3. The fraction of sp³-hybridized carbons (Fsp3) is 0.750. The molecule has 1 aliphatic carbocycles. The van der Waals surface area contributed by atoms with Crippen LogP contribution in [0.2, 0.25) is 0 Å². The lowest BCUT2D eigenvalue weighted by Gasteiger charge is -2.42. The number of amides is 4. The van der Waals surface area contributed by atoms with Crippen LogP contribution in [-0.4, -0.2) is 90.8 Å². The van der Waals surface area contributed by atoms with E-state index in [2.05, 4.69) is 65.9 Å². The van der Waals surface area contributed by atoms with Gasteiger partial charge in [-0.15, -0.1) is 0 Å². The van der Waals surface area contributed by atoms with Gasteiger partial charge in [-0.05, 0) is 111 Å². The summed E-state index contributed by atoms with van der Waals surface area (Å²) >= 11 is 0. The second-order valence-electron chi connectivity index (χ2n) is 18.5. The molecule has 318 valence electrons. The maximum Gasteiger partial charge on any atom is 0.408 e. The predicted molar refractivity (Wildman–Crippen MR) is 220 cm³/mol. The van der Waals surface area contributed by atoms with Crippen molar-refractivity contribution in [2.24, 2.45) is 11.3 Å². The maximum atomic E-state index is 13.4. The van der Waals surface area contributed by atoms with Gasteiger partial charge in [0.25, 0.3) is 0 Å². The van der Waals surface area contributed by atoms with Gasteiger partial charge < -0.3 is 35.1 Å². The zero-order valence-electron chi connectivity index (χ0n) is 36.3. The van der Waals surface area contributed by atoms with Gasteiger partial charge in [0.1, 0.15) is 11.6 Å². The van der Waals surface area contributed by atoms with E-state index in [-0.39, 0.29) is 35.7 Å². The standard InChI is InChI=1S/C44H74N4O8/c1-32(2)28-55-40(52)36(46-41(53)56-42(4,5)6)18-13-14-27-45-37(49)19-11-12-20-38(50)47-44(9,10)31-54-30-43(7,8)29-48(35-16-15-17-35)39(51)26-25-34-23-21-33(3)22-24-34/h21-24,32,35-36H,11-20,25-31H2,1-10H3,(H,45,49)(H,46,53)(H,47,50)/t36-/m0/s1.